The number of ether oxygens (including phenoxy) is 3. The van der Waals surface area contributed by atoms with Crippen molar-refractivity contribution < 1.29 is 55.7 Å². The van der Waals surface area contributed by atoms with Gasteiger partial charge in [0.2, 0.25) is 17.7 Å². The summed E-state index contributed by atoms with van der Waals surface area (Å²) >= 11 is 1.54. The minimum Gasteiger partial charge on any atom is -0.493 e. The van der Waals surface area contributed by atoms with Gasteiger partial charge in [-0.05, 0) is 81.5 Å². The Hall–Kier alpha value is -5.47. The van der Waals surface area contributed by atoms with Crippen molar-refractivity contribution in [1.82, 2.24) is 30.4 Å². The summed E-state index contributed by atoms with van der Waals surface area (Å²) in [6.07, 6.45) is 0.933. The van der Waals surface area contributed by atoms with Gasteiger partial charge in [0.25, 0.3) is 5.92 Å². The Balaban J connectivity index is 0.820. The molecule has 0 bridgehead atoms. The summed E-state index contributed by atoms with van der Waals surface area (Å²) in [5.41, 5.74) is 4.23. The van der Waals surface area contributed by atoms with Gasteiger partial charge in [0, 0.05) is 73.0 Å². The number of thiazole rings is 1. The molecule has 73 heavy (non-hydrogen) atoms. The van der Waals surface area contributed by atoms with E-state index in [0.29, 0.717) is 31.4 Å². The first-order valence-corrected chi connectivity index (χ1v) is 25.6. The van der Waals surface area contributed by atoms with E-state index in [4.69, 9.17) is 14.2 Å². The Labute approximate surface area is 427 Å². The number of alkyl halides is 3. The fraction of sp³-hybridized carbons (Fsp3) is 0.519. The number of para-hydroxylation sites is 1. The highest BCUT2D eigenvalue weighted by Gasteiger charge is 2.45. The largest absolute Gasteiger partial charge is 0.493 e. The molecular weight excluding hydrogens is 972 g/mol. The van der Waals surface area contributed by atoms with E-state index in [1.54, 1.807) is 31.2 Å². The van der Waals surface area contributed by atoms with Gasteiger partial charge in [-0.15, -0.1) is 11.3 Å². The van der Waals surface area contributed by atoms with Crippen LogP contribution in [0.15, 0.2) is 66.2 Å². The molecule has 19 heteroatoms. The zero-order chi connectivity index (χ0) is 52.8. The molecule has 0 saturated carbocycles. The summed E-state index contributed by atoms with van der Waals surface area (Å²) in [7, 11) is 0. The van der Waals surface area contributed by atoms with Crippen molar-refractivity contribution in [1.29, 1.82) is 0 Å². The topological polar surface area (TPSA) is 158 Å². The molecule has 1 fully saturated rings. The lowest BCUT2D eigenvalue weighted by molar-refractivity contribution is -0.147. The standard InChI is InChI=1S/C54H67F5N6O7S/c1-32-21-39-38-13-9-10-14-42(38)62-46(39)47(65(32)28-53(6,7)57)45-40(55)23-37(24-41(45)56)72-20-12-8-11-19-70-29-54(58,59)30-71-27-44(67)63-49(52(3,4)5)51(69)64-26-36(66)22-43(64)50(68)60-25-34-15-17-35(18-16-34)48-33(2)61-31-73-48/h9-10,13-18,23-24,31-32,36,43,47,49,62,66H,8,11-12,19-22,25-30H2,1-7H3,(H,60,68)(H,63,67)/t32-,36-,43+,47-,49-/m1/s1. The third-order valence-corrected chi connectivity index (χ3v) is 14.2. The number of aromatic amines is 1. The van der Waals surface area contributed by atoms with Crippen LogP contribution in [0.4, 0.5) is 22.0 Å². The number of aryl methyl sites for hydroxylation is 1. The van der Waals surface area contributed by atoms with Crippen LogP contribution in [0, 0.1) is 24.0 Å². The predicted octanol–water partition coefficient (Wildman–Crippen LogP) is 8.99. The van der Waals surface area contributed by atoms with Gasteiger partial charge in [-0.25, -0.2) is 26.9 Å². The average Bonchev–Trinajstić information content (AvgIpc) is 4.04. The van der Waals surface area contributed by atoms with E-state index in [9.17, 15) is 28.3 Å². The van der Waals surface area contributed by atoms with Crippen molar-refractivity contribution in [2.45, 2.75) is 129 Å². The van der Waals surface area contributed by atoms with Crippen LogP contribution in [0.25, 0.3) is 21.3 Å². The van der Waals surface area contributed by atoms with Gasteiger partial charge >= 0.3 is 0 Å². The molecule has 2 aliphatic rings. The summed E-state index contributed by atoms with van der Waals surface area (Å²) in [5, 5.41) is 16.9. The molecule has 3 aromatic carbocycles. The fourth-order valence-corrected chi connectivity index (χ4v) is 10.4. The SMILES string of the molecule is Cc1ncsc1-c1ccc(CNC(=O)[C@@H]2C[C@@H](O)CN2C(=O)[C@@H](NC(=O)COCC(F)(F)COCCCCCOc2cc(F)c([C@@H]3c4[nH]c5ccccc5c4C[C@@H](C)N3CC(C)(C)F)c(F)c2)C(C)(C)C)cc1. The number of amides is 3. The number of aromatic nitrogens is 2. The quantitative estimate of drug-likeness (QED) is 0.0392. The number of carbonyl (C=O) groups is 3. The minimum absolute atomic E-state index is 0.00103. The summed E-state index contributed by atoms with van der Waals surface area (Å²) in [4.78, 5) is 52.1. The number of hydrogen-bond acceptors (Lipinski definition) is 10. The molecule has 0 spiro atoms. The van der Waals surface area contributed by atoms with Crippen LogP contribution in [0.5, 0.6) is 5.75 Å². The van der Waals surface area contributed by atoms with Crippen LogP contribution in [0.2, 0.25) is 0 Å². The Kier molecular flexibility index (Phi) is 17.7. The van der Waals surface area contributed by atoms with Gasteiger partial charge in [-0.1, -0.05) is 63.2 Å². The third kappa shape index (κ3) is 14.0. The number of H-pyrrole nitrogens is 1. The molecule has 5 aromatic rings. The number of hydrogen-bond donors (Lipinski definition) is 4. The highest BCUT2D eigenvalue weighted by atomic mass is 32.1. The first-order chi connectivity index (χ1) is 34.5. The lowest BCUT2D eigenvalue weighted by Crippen LogP contribution is -2.58. The van der Waals surface area contributed by atoms with Gasteiger partial charge in [-0.3, -0.25) is 19.3 Å². The molecule has 4 heterocycles. The normalized spacial score (nSPS) is 19.0. The molecule has 4 N–H and O–H groups in total. The number of carbonyl (C=O) groups excluding carboxylic acids is 3. The van der Waals surface area contributed by atoms with Gasteiger partial charge in [0.15, 0.2) is 0 Å². The lowest BCUT2D eigenvalue weighted by Gasteiger charge is -2.43. The molecule has 2 aromatic heterocycles. The number of aliphatic hydroxyl groups is 1. The van der Waals surface area contributed by atoms with Gasteiger partial charge in [0.05, 0.1) is 34.8 Å². The van der Waals surface area contributed by atoms with E-state index in [1.165, 1.54) is 30.1 Å². The number of unbranched alkanes of at least 4 members (excludes halogenated alkanes) is 2. The lowest BCUT2D eigenvalue weighted by atomic mass is 9.85. The number of likely N-dealkylation sites (tertiary alicyclic amines) is 1. The van der Waals surface area contributed by atoms with Crippen molar-refractivity contribution in [3.05, 3.63) is 106 Å². The third-order valence-electron chi connectivity index (χ3n) is 13.2. The molecule has 396 valence electrons. The zero-order valence-electron chi connectivity index (χ0n) is 42.5. The van der Waals surface area contributed by atoms with Crippen molar-refractivity contribution in [2.24, 2.45) is 5.41 Å². The molecular formula is C54H67F5N6O7S. The van der Waals surface area contributed by atoms with Crippen molar-refractivity contribution in [3.8, 4) is 16.2 Å². The number of nitrogens with one attached hydrogen (secondary N) is 3. The monoisotopic (exact) mass is 1040 g/mol. The first kappa shape index (κ1) is 55.3. The molecule has 1 saturated heterocycles. The van der Waals surface area contributed by atoms with Crippen molar-refractivity contribution >= 4 is 40.0 Å². The molecule has 0 unspecified atom stereocenters. The number of fused-ring (bicyclic) bond motifs is 3. The molecule has 0 aliphatic carbocycles. The average molecular weight is 1040 g/mol. The maximum Gasteiger partial charge on any atom is 0.293 e. The second-order valence-corrected chi connectivity index (χ2v) is 21.8. The summed E-state index contributed by atoms with van der Waals surface area (Å²) in [6, 6.07) is 14.3. The van der Waals surface area contributed by atoms with Crippen LogP contribution in [-0.2, 0) is 36.8 Å². The van der Waals surface area contributed by atoms with E-state index in [2.05, 4.69) is 20.6 Å². The summed E-state index contributed by atoms with van der Waals surface area (Å²) in [5.74, 6) is -7.00. The second kappa shape index (κ2) is 23.4. The Bertz CT molecular complexity index is 2680. The first-order valence-electron chi connectivity index (χ1n) is 24.7. The fourth-order valence-electron chi connectivity index (χ4n) is 9.62. The zero-order valence-corrected chi connectivity index (χ0v) is 43.3. The van der Waals surface area contributed by atoms with Crippen molar-refractivity contribution in [2.75, 3.05) is 46.1 Å². The summed E-state index contributed by atoms with van der Waals surface area (Å²) in [6.45, 7) is 9.07. The maximum absolute atomic E-state index is 16.0. The minimum atomic E-state index is -3.44. The molecule has 0 radical (unpaired) electrons. The van der Waals surface area contributed by atoms with Crippen LogP contribution in [0.3, 0.4) is 0 Å². The maximum atomic E-state index is 16.0. The van der Waals surface area contributed by atoms with Gasteiger partial charge in [0.1, 0.15) is 55.0 Å². The molecule has 2 aliphatic heterocycles. The molecule has 5 atom stereocenters. The van der Waals surface area contributed by atoms with E-state index in [-0.39, 0.29) is 56.6 Å². The Morgan fingerprint density at radius 3 is 2.30 bits per heavy atom. The number of nitrogens with zero attached hydrogens (tertiary/aromatic N) is 3. The van der Waals surface area contributed by atoms with E-state index >= 15 is 13.2 Å². The Morgan fingerprint density at radius 2 is 1.63 bits per heavy atom. The smallest absolute Gasteiger partial charge is 0.293 e. The predicted molar refractivity (Wildman–Crippen MR) is 269 cm³/mol. The summed E-state index contributed by atoms with van der Waals surface area (Å²) < 4.78 is 92.6. The van der Waals surface area contributed by atoms with Crippen LogP contribution in [0.1, 0.15) is 101 Å². The number of aliphatic hydroxyl groups excluding tert-OH is 1. The second-order valence-electron chi connectivity index (χ2n) is 21.0. The van der Waals surface area contributed by atoms with Gasteiger partial charge in [-0.2, -0.15) is 0 Å². The highest BCUT2D eigenvalue weighted by molar-refractivity contribution is 7.13. The van der Waals surface area contributed by atoms with E-state index in [1.807, 2.05) is 62.4 Å². The molecule has 7 rings (SSSR count). The van der Waals surface area contributed by atoms with E-state index < -0.39 is 90.4 Å². The van der Waals surface area contributed by atoms with Crippen molar-refractivity contribution in [3.63, 3.8) is 0 Å². The van der Waals surface area contributed by atoms with E-state index in [0.717, 1.165) is 50.3 Å². The van der Waals surface area contributed by atoms with Crippen LogP contribution >= 0.6 is 11.3 Å². The highest BCUT2D eigenvalue weighted by Crippen LogP contribution is 2.44. The van der Waals surface area contributed by atoms with Crippen LogP contribution < -0.4 is 15.4 Å². The number of halogens is 5. The molecule has 3 amide bonds. The number of rotatable bonds is 22. The Morgan fingerprint density at radius 1 is 0.945 bits per heavy atom. The van der Waals surface area contributed by atoms with Gasteiger partial charge < -0.3 is 39.8 Å². The number of benzene rings is 3. The molecule has 13 nitrogen and oxygen atoms in total. The number of β-amino-alcohol motifs (C(OH)–C–C–N with tert-alkyl or cyclic N) is 1. The van der Waals surface area contributed by atoms with Crippen LogP contribution in [-0.4, -0.2) is 125 Å².